The molecule has 0 radical (unpaired) electrons. The van der Waals surface area contributed by atoms with Crippen molar-refractivity contribution in [3.8, 4) is 0 Å². The van der Waals surface area contributed by atoms with Gasteiger partial charge in [0.2, 0.25) is 0 Å². The first-order chi connectivity index (χ1) is 10.8. The summed E-state index contributed by atoms with van der Waals surface area (Å²) in [5, 5.41) is 0. The van der Waals surface area contributed by atoms with E-state index in [4.69, 9.17) is 4.74 Å². The lowest BCUT2D eigenvalue weighted by Crippen LogP contribution is -2.49. The second-order valence-corrected chi connectivity index (χ2v) is 7.66. The molecule has 1 amide bonds. The summed E-state index contributed by atoms with van der Waals surface area (Å²) in [6.45, 7) is 6.10. The molecule has 1 aromatic carbocycles. The highest BCUT2D eigenvalue weighted by molar-refractivity contribution is 7.98. The van der Waals surface area contributed by atoms with E-state index >= 15 is 0 Å². The van der Waals surface area contributed by atoms with E-state index in [1.807, 2.05) is 51.3 Å². The number of carbonyl (C=O) groups excluding carboxylic acids is 2. The van der Waals surface area contributed by atoms with Crippen molar-refractivity contribution in [1.82, 2.24) is 4.90 Å². The summed E-state index contributed by atoms with van der Waals surface area (Å²) in [7, 11) is 0. The summed E-state index contributed by atoms with van der Waals surface area (Å²) in [5.74, 6) is 0.00297. The highest BCUT2D eigenvalue weighted by Gasteiger charge is 2.35. The molecule has 1 saturated heterocycles. The van der Waals surface area contributed by atoms with Gasteiger partial charge in [-0.25, -0.2) is 4.79 Å². The lowest BCUT2D eigenvalue weighted by atomic mass is 9.95. The van der Waals surface area contributed by atoms with E-state index in [1.165, 1.54) is 0 Å². The minimum absolute atomic E-state index is 0.00297. The molecule has 5 heteroatoms. The fourth-order valence-electron chi connectivity index (χ4n) is 2.69. The Bertz CT molecular complexity index is 563. The van der Waals surface area contributed by atoms with Gasteiger partial charge in [-0.15, -0.1) is 11.8 Å². The molecule has 1 fully saturated rings. The Kier molecular flexibility index (Phi) is 5.74. The summed E-state index contributed by atoms with van der Waals surface area (Å²) >= 11 is 1.64. The fourth-order valence-corrected chi connectivity index (χ4v) is 3.10. The van der Waals surface area contributed by atoms with Crippen LogP contribution < -0.4 is 0 Å². The van der Waals surface area contributed by atoms with E-state index in [9.17, 15) is 9.59 Å². The van der Waals surface area contributed by atoms with Crippen molar-refractivity contribution in [2.75, 3.05) is 12.8 Å². The van der Waals surface area contributed by atoms with Gasteiger partial charge in [0.05, 0.1) is 6.04 Å². The minimum atomic E-state index is -0.553. The van der Waals surface area contributed by atoms with Gasteiger partial charge >= 0.3 is 6.09 Å². The molecule has 1 aliphatic rings. The summed E-state index contributed by atoms with van der Waals surface area (Å²) < 4.78 is 5.46. The fraction of sp³-hybridized carbons (Fsp3) is 0.556. The number of likely N-dealkylation sites (tertiary alicyclic amines) is 1. The molecule has 2 rings (SSSR count). The van der Waals surface area contributed by atoms with E-state index in [0.29, 0.717) is 18.5 Å². The second-order valence-electron chi connectivity index (χ2n) is 6.78. The minimum Gasteiger partial charge on any atom is -0.444 e. The molecule has 4 nitrogen and oxygen atoms in total. The summed E-state index contributed by atoms with van der Waals surface area (Å²) in [5.41, 5.74) is 0.102. The number of carbonyl (C=O) groups is 2. The molecule has 0 saturated carbocycles. The number of piperidine rings is 1. The van der Waals surface area contributed by atoms with E-state index < -0.39 is 17.7 Å². The molecular formula is C18H25NO3S. The van der Waals surface area contributed by atoms with Crippen LogP contribution in [-0.2, 0) is 4.74 Å². The Labute approximate surface area is 142 Å². The van der Waals surface area contributed by atoms with Gasteiger partial charge in [-0.3, -0.25) is 9.69 Å². The van der Waals surface area contributed by atoms with Gasteiger partial charge in [0.15, 0.2) is 5.78 Å². The molecular weight excluding hydrogens is 310 g/mol. The third-order valence-corrected chi connectivity index (χ3v) is 4.55. The van der Waals surface area contributed by atoms with Gasteiger partial charge in [0, 0.05) is 17.0 Å². The number of ether oxygens (including phenoxy) is 1. The second kappa shape index (κ2) is 7.39. The molecule has 0 bridgehead atoms. The standard InChI is InChI=1S/C18H25NO3S/c1-18(2,3)22-17(21)19-12-6-5-7-15(19)16(20)13-8-10-14(23-4)11-9-13/h8-11,15H,5-7,12H2,1-4H3. The van der Waals surface area contributed by atoms with Gasteiger partial charge in [-0.05, 0) is 58.4 Å². The topological polar surface area (TPSA) is 46.6 Å². The van der Waals surface area contributed by atoms with Crippen molar-refractivity contribution < 1.29 is 14.3 Å². The smallest absolute Gasteiger partial charge is 0.410 e. The van der Waals surface area contributed by atoms with Crippen LogP contribution in [0.15, 0.2) is 29.2 Å². The van der Waals surface area contributed by atoms with Gasteiger partial charge in [-0.2, -0.15) is 0 Å². The number of Topliss-reactive ketones (excluding diaryl/α,β-unsaturated/α-hetero) is 1. The van der Waals surface area contributed by atoms with Crippen molar-refractivity contribution in [2.24, 2.45) is 0 Å². The largest absolute Gasteiger partial charge is 0.444 e. The Morgan fingerprint density at radius 1 is 1.17 bits per heavy atom. The van der Waals surface area contributed by atoms with Crippen molar-refractivity contribution in [2.45, 2.75) is 56.6 Å². The lowest BCUT2D eigenvalue weighted by molar-refractivity contribution is 0.0105. The predicted octanol–water partition coefficient (Wildman–Crippen LogP) is 4.38. The number of nitrogens with zero attached hydrogens (tertiary/aromatic N) is 1. The summed E-state index contributed by atoms with van der Waals surface area (Å²) in [6.07, 6.45) is 4.17. The van der Waals surface area contributed by atoms with Gasteiger partial charge in [-0.1, -0.05) is 12.1 Å². The van der Waals surface area contributed by atoms with Crippen LogP contribution in [0.5, 0.6) is 0 Å². The van der Waals surface area contributed by atoms with E-state index in [1.54, 1.807) is 16.7 Å². The number of rotatable bonds is 3. The Balaban J connectivity index is 2.16. The Morgan fingerprint density at radius 3 is 2.39 bits per heavy atom. The van der Waals surface area contributed by atoms with E-state index in [-0.39, 0.29) is 5.78 Å². The van der Waals surface area contributed by atoms with Gasteiger partial charge < -0.3 is 4.74 Å². The molecule has 1 unspecified atom stereocenters. The molecule has 23 heavy (non-hydrogen) atoms. The Morgan fingerprint density at radius 2 is 1.83 bits per heavy atom. The van der Waals surface area contributed by atoms with Crippen molar-refractivity contribution >= 4 is 23.6 Å². The van der Waals surface area contributed by atoms with Gasteiger partial charge in [0.1, 0.15) is 5.60 Å². The lowest BCUT2D eigenvalue weighted by Gasteiger charge is -2.35. The quantitative estimate of drug-likeness (QED) is 0.607. The highest BCUT2D eigenvalue weighted by Crippen LogP contribution is 2.24. The maximum absolute atomic E-state index is 12.8. The predicted molar refractivity (Wildman–Crippen MR) is 93.1 cm³/mol. The molecule has 1 atom stereocenters. The number of benzene rings is 1. The summed E-state index contributed by atoms with van der Waals surface area (Å²) in [6, 6.07) is 7.15. The Hall–Kier alpha value is -1.49. The van der Waals surface area contributed by atoms with Crippen LogP contribution in [-0.4, -0.2) is 41.2 Å². The molecule has 0 spiro atoms. The highest BCUT2D eigenvalue weighted by atomic mass is 32.2. The van der Waals surface area contributed by atoms with E-state index in [0.717, 1.165) is 17.7 Å². The molecule has 0 aromatic heterocycles. The average Bonchev–Trinajstić information content (AvgIpc) is 2.52. The third-order valence-electron chi connectivity index (χ3n) is 3.81. The van der Waals surface area contributed by atoms with Crippen molar-refractivity contribution in [1.29, 1.82) is 0 Å². The molecule has 126 valence electrons. The number of ketones is 1. The van der Waals surface area contributed by atoms with Crippen LogP contribution >= 0.6 is 11.8 Å². The van der Waals surface area contributed by atoms with Crippen LogP contribution in [0.2, 0.25) is 0 Å². The third kappa shape index (κ3) is 4.74. The molecule has 1 aromatic rings. The monoisotopic (exact) mass is 335 g/mol. The van der Waals surface area contributed by atoms with Crippen LogP contribution in [0.4, 0.5) is 4.79 Å². The van der Waals surface area contributed by atoms with Crippen LogP contribution in [0, 0.1) is 0 Å². The zero-order valence-corrected chi connectivity index (χ0v) is 15.1. The molecule has 1 aliphatic heterocycles. The maximum atomic E-state index is 12.8. The first kappa shape index (κ1) is 17.9. The first-order valence-electron chi connectivity index (χ1n) is 8.00. The number of thioether (sulfide) groups is 1. The SMILES string of the molecule is CSc1ccc(C(=O)C2CCCCN2C(=O)OC(C)(C)C)cc1. The number of amides is 1. The molecule has 1 heterocycles. The van der Waals surface area contributed by atoms with Crippen molar-refractivity contribution in [3.63, 3.8) is 0 Å². The maximum Gasteiger partial charge on any atom is 0.410 e. The zero-order chi connectivity index (χ0) is 17.0. The van der Waals surface area contributed by atoms with Gasteiger partial charge in [0.25, 0.3) is 0 Å². The zero-order valence-electron chi connectivity index (χ0n) is 14.3. The first-order valence-corrected chi connectivity index (χ1v) is 9.22. The van der Waals surface area contributed by atoms with Crippen LogP contribution in [0.3, 0.4) is 0 Å². The number of hydrogen-bond acceptors (Lipinski definition) is 4. The van der Waals surface area contributed by atoms with Crippen LogP contribution in [0.1, 0.15) is 50.4 Å². The van der Waals surface area contributed by atoms with Crippen LogP contribution in [0.25, 0.3) is 0 Å². The summed E-state index contributed by atoms with van der Waals surface area (Å²) in [4.78, 5) is 27.9. The molecule has 0 aliphatic carbocycles. The average molecular weight is 335 g/mol. The number of hydrogen-bond donors (Lipinski definition) is 0. The normalized spacial score (nSPS) is 18.6. The van der Waals surface area contributed by atoms with Crippen molar-refractivity contribution in [3.05, 3.63) is 29.8 Å². The van der Waals surface area contributed by atoms with E-state index in [2.05, 4.69) is 0 Å². The molecule has 0 N–H and O–H groups in total.